The quantitative estimate of drug-likeness (QED) is 0.761. The van der Waals surface area contributed by atoms with Crippen molar-refractivity contribution >= 4 is 17.2 Å². The molecule has 6 heteroatoms. The van der Waals surface area contributed by atoms with Crippen molar-refractivity contribution in [2.24, 2.45) is 11.8 Å². The average molecular weight is 403 g/mol. The molecule has 1 saturated carbocycles. The lowest BCUT2D eigenvalue weighted by Crippen LogP contribution is -2.53. The predicted molar refractivity (Wildman–Crippen MR) is 110 cm³/mol. The highest BCUT2D eigenvalue weighted by Crippen LogP contribution is 2.39. The minimum absolute atomic E-state index is 0.0343. The second-order valence-corrected chi connectivity index (χ2v) is 9.40. The van der Waals surface area contributed by atoms with Crippen LogP contribution in [-0.2, 0) is 11.3 Å². The number of carbonyl (C=O) groups excluding carboxylic acids is 1. The van der Waals surface area contributed by atoms with Crippen molar-refractivity contribution in [1.29, 1.82) is 0 Å². The van der Waals surface area contributed by atoms with Crippen LogP contribution in [0.4, 0.5) is 4.39 Å². The Morgan fingerprint density at radius 3 is 2.64 bits per heavy atom. The third-order valence-corrected chi connectivity index (χ3v) is 7.43. The van der Waals surface area contributed by atoms with Gasteiger partial charge in [0, 0.05) is 17.5 Å². The fourth-order valence-electron chi connectivity index (χ4n) is 5.08. The fourth-order valence-corrected chi connectivity index (χ4v) is 5.93. The van der Waals surface area contributed by atoms with Gasteiger partial charge < -0.3 is 4.90 Å². The molecule has 4 rings (SSSR count). The molecule has 28 heavy (non-hydrogen) atoms. The number of carbonyl (C=O) groups is 1. The van der Waals surface area contributed by atoms with Crippen LogP contribution in [0.25, 0.3) is 11.3 Å². The van der Waals surface area contributed by atoms with Gasteiger partial charge in [-0.1, -0.05) is 31.1 Å². The Bertz CT molecular complexity index is 918. The van der Waals surface area contributed by atoms with Crippen molar-refractivity contribution in [3.05, 3.63) is 44.6 Å². The molecule has 1 saturated heterocycles. The Kier molecular flexibility index (Phi) is 5.41. The van der Waals surface area contributed by atoms with Crippen molar-refractivity contribution in [3.8, 4) is 11.3 Å². The van der Waals surface area contributed by atoms with Gasteiger partial charge in [-0.2, -0.15) is 0 Å². The molecule has 0 radical (unpaired) electrons. The van der Waals surface area contributed by atoms with E-state index in [2.05, 4.69) is 6.92 Å². The number of rotatable bonds is 3. The predicted octanol–water partition coefficient (Wildman–Crippen LogP) is 4.45. The Hall–Kier alpha value is -1.95. The summed E-state index contributed by atoms with van der Waals surface area (Å²) in [4.78, 5) is 28.6. The third-order valence-electron chi connectivity index (χ3n) is 6.53. The highest BCUT2D eigenvalue weighted by Gasteiger charge is 2.39. The Morgan fingerprint density at radius 1 is 1.18 bits per heavy atom. The number of aromatic nitrogens is 1. The maximum atomic E-state index is 13.3. The lowest BCUT2D eigenvalue weighted by Gasteiger charge is -2.47. The van der Waals surface area contributed by atoms with Gasteiger partial charge in [0.15, 0.2) is 0 Å². The number of aryl methyl sites for hydroxylation is 1. The first-order chi connectivity index (χ1) is 13.5. The maximum absolute atomic E-state index is 13.3. The topological polar surface area (TPSA) is 42.3 Å². The lowest BCUT2D eigenvalue weighted by atomic mass is 9.72. The van der Waals surface area contributed by atoms with Crippen LogP contribution >= 0.6 is 11.3 Å². The van der Waals surface area contributed by atoms with Crippen LogP contribution in [0.5, 0.6) is 0 Å². The van der Waals surface area contributed by atoms with E-state index in [1.807, 2.05) is 11.8 Å². The molecule has 2 aromatic rings. The van der Waals surface area contributed by atoms with Gasteiger partial charge in [0.25, 0.3) is 0 Å². The molecule has 2 fully saturated rings. The summed E-state index contributed by atoms with van der Waals surface area (Å²) in [6.45, 7) is 5.04. The zero-order chi connectivity index (χ0) is 19.8. The smallest absolute Gasteiger partial charge is 0.308 e. The Labute approximate surface area is 169 Å². The molecule has 0 bridgehead atoms. The summed E-state index contributed by atoms with van der Waals surface area (Å²) in [6.07, 6.45) is 5.74. The number of thiazole rings is 1. The number of halogens is 1. The lowest BCUT2D eigenvalue weighted by molar-refractivity contribution is -0.139. The Balaban J connectivity index is 1.61. The van der Waals surface area contributed by atoms with Gasteiger partial charge in [0.2, 0.25) is 5.91 Å². The second kappa shape index (κ2) is 7.82. The second-order valence-electron chi connectivity index (χ2n) is 8.23. The van der Waals surface area contributed by atoms with E-state index in [-0.39, 0.29) is 23.1 Å². The van der Waals surface area contributed by atoms with Crippen molar-refractivity contribution < 1.29 is 9.18 Å². The molecular formula is C22H27FN2O2S. The van der Waals surface area contributed by atoms with E-state index >= 15 is 0 Å². The van der Waals surface area contributed by atoms with E-state index < -0.39 is 0 Å². The van der Waals surface area contributed by atoms with Crippen LogP contribution in [0, 0.1) is 24.6 Å². The maximum Gasteiger partial charge on any atom is 0.308 e. The molecule has 150 valence electrons. The molecule has 0 spiro atoms. The first kappa shape index (κ1) is 19.4. The normalized spacial score (nSPS) is 24.8. The summed E-state index contributed by atoms with van der Waals surface area (Å²) < 4.78 is 14.9. The highest BCUT2D eigenvalue weighted by atomic mass is 32.1. The number of hydrogen-bond donors (Lipinski definition) is 0. The van der Waals surface area contributed by atoms with Crippen LogP contribution < -0.4 is 4.87 Å². The van der Waals surface area contributed by atoms with Gasteiger partial charge in [0.1, 0.15) is 12.4 Å². The largest absolute Gasteiger partial charge is 0.338 e. The number of benzene rings is 1. The molecule has 1 aliphatic heterocycles. The molecular weight excluding hydrogens is 375 g/mol. The number of fused-ring (bicyclic) bond motifs is 1. The van der Waals surface area contributed by atoms with E-state index in [0.717, 1.165) is 46.9 Å². The molecule has 4 nitrogen and oxygen atoms in total. The molecule has 3 unspecified atom stereocenters. The summed E-state index contributed by atoms with van der Waals surface area (Å²) in [7, 11) is 0. The molecule has 0 N–H and O–H groups in total. The van der Waals surface area contributed by atoms with Crippen molar-refractivity contribution in [2.75, 3.05) is 6.54 Å². The van der Waals surface area contributed by atoms with Crippen LogP contribution in [0.3, 0.4) is 0 Å². The molecule has 2 heterocycles. The summed E-state index contributed by atoms with van der Waals surface area (Å²) in [5.74, 6) is 0.971. The zero-order valence-corrected chi connectivity index (χ0v) is 17.3. The van der Waals surface area contributed by atoms with Crippen molar-refractivity contribution in [1.82, 2.24) is 9.47 Å². The number of piperidine rings is 1. The molecule has 1 aliphatic carbocycles. The monoisotopic (exact) mass is 402 g/mol. The summed E-state index contributed by atoms with van der Waals surface area (Å²) in [5, 5.41) is 0. The van der Waals surface area contributed by atoms with Gasteiger partial charge in [-0.05, 0) is 67.9 Å². The fraction of sp³-hybridized carbons (Fsp3) is 0.545. The number of likely N-dealkylation sites (tertiary alicyclic amines) is 1. The number of hydrogen-bond acceptors (Lipinski definition) is 3. The molecule has 1 aromatic carbocycles. The van der Waals surface area contributed by atoms with Crippen LogP contribution in [-0.4, -0.2) is 28.0 Å². The first-order valence-corrected chi connectivity index (χ1v) is 11.0. The molecule has 3 atom stereocenters. The summed E-state index contributed by atoms with van der Waals surface area (Å²) in [6, 6.07) is 6.44. The van der Waals surface area contributed by atoms with Gasteiger partial charge >= 0.3 is 4.87 Å². The van der Waals surface area contributed by atoms with Crippen LogP contribution in [0.15, 0.2) is 29.1 Å². The summed E-state index contributed by atoms with van der Waals surface area (Å²) in [5.41, 5.74) is 1.50. The van der Waals surface area contributed by atoms with E-state index in [1.54, 1.807) is 16.7 Å². The van der Waals surface area contributed by atoms with Gasteiger partial charge in [-0.15, -0.1) is 0 Å². The molecule has 1 amide bonds. The number of nitrogens with zero attached hydrogens (tertiary/aromatic N) is 2. The van der Waals surface area contributed by atoms with E-state index in [1.165, 1.54) is 31.4 Å². The van der Waals surface area contributed by atoms with Crippen molar-refractivity contribution in [3.63, 3.8) is 0 Å². The first-order valence-electron chi connectivity index (χ1n) is 10.2. The molecule has 1 aromatic heterocycles. The molecule has 2 aliphatic rings. The SMILES string of the molecule is Cc1sc(=O)n(CC(=O)N2CCC(C)C3CCCCC32)c1-c1ccc(F)cc1. The summed E-state index contributed by atoms with van der Waals surface area (Å²) >= 11 is 1.15. The minimum atomic E-state index is -0.313. The van der Waals surface area contributed by atoms with Crippen molar-refractivity contribution in [2.45, 2.75) is 58.5 Å². The highest BCUT2D eigenvalue weighted by molar-refractivity contribution is 7.09. The van der Waals surface area contributed by atoms with E-state index in [9.17, 15) is 14.0 Å². The Morgan fingerprint density at radius 2 is 1.89 bits per heavy atom. The standard InChI is InChI=1S/C22H27FN2O2S/c1-14-11-12-24(19-6-4-3-5-18(14)19)20(26)13-25-21(15(2)28-22(25)27)16-7-9-17(23)10-8-16/h7-10,14,18-19H,3-6,11-13H2,1-2H3. The number of amides is 1. The van der Waals surface area contributed by atoms with Crippen LogP contribution in [0.1, 0.15) is 43.9 Å². The van der Waals surface area contributed by atoms with E-state index in [4.69, 9.17) is 0 Å². The van der Waals surface area contributed by atoms with Gasteiger partial charge in [-0.25, -0.2) is 4.39 Å². The van der Waals surface area contributed by atoms with Crippen LogP contribution in [0.2, 0.25) is 0 Å². The van der Waals surface area contributed by atoms with E-state index in [0.29, 0.717) is 17.9 Å². The minimum Gasteiger partial charge on any atom is -0.338 e. The average Bonchev–Trinajstić information content (AvgIpc) is 2.96. The third kappa shape index (κ3) is 3.54. The van der Waals surface area contributed by atoms with Gasteiger partial charge in [0.05, 0.1) is 5.69 Å². The van der Waals surface area contributed by atoms with Gasteiger partial charge in [-0.3, -0.25) is 14.2 Å². The zero-order valence-electron chi connectivity index (χ0n) is 16.5.